The third kappa shape index (κ3) is 4.95. The Hall–Kier alpha value is -3.15. The van der Waals surface area contributed by atoms with Gasteiger partial charge in [0.05, 0.1) is 0 Å². The topological polar surface area (TPSA) is 92.7 Å². The van der Waals surface area contributed by atoms with Crippen LogP contribution in [0.3, 0.4) is 0 Å². The molecule has 2 N–H and O–H groups in total. The molecule has 6 nitrogen and oxygen atoms in total. The highest BCUT2D eigenvalue weighted by Crippen LogP contribution is 2.14. The number of aliphatic carboxylic acids is 1. The van der Waals surface area contributed by atoms with E-state index in [9.17, 15) is 19.5 Å². The number of carbonyl (C=O) groups is 3. The molecule has 0 aliphatic heterocycles. The lowest BCUT2D eigenvalue weighted by atomic mass is 10.1. The minimum atomic E-state index is -1.12. The summed E-state index contributed by atoms with van der Waals surface area (Å²) in [5.41, 5.74) is 1.10. The molecule has 2 aromatic carbocycles. The number of carbonyl (C=O) groups excluding carboxylic acids is 2. The molecule has 0 fully saturated rings. The van der Waals surface area contributed by atoms with Gasteiger partial charge in [-0.1, -0.05) is 30.3 Å². The molecule has 0 aromatic heterocycles. The Balaban J connectivity index is 2.04. The number of carboxylic acid groups (broad SMARTS) is 1. The molecule has 0 saturated carbocycles. The minimum absolute atomic E-state index is 0.119. The zero-order chi connectivity index (χ0) is 17.5. The molecule has 0 heterocycles. The molecule has 0 aliphatic carbocycles. The molecule has 0 saturated heterocycles. The molecule has 0 bridgehead atoms. The largest absolute Gasteiger partial charge is 0.480 e. The van der Waals surface area contributed by atoms with Gasteiger partial charge < -0.3 is 15.2 Å². The van der Waals surface area contributed by atoms with Crippen LogP contribution < -0.4 is 10.1 Å². The van der Waals surface area contributed by atoms with Crippen molar-refractivity contribution in [1.29, 1.82) is 0 Å². The third-order valence-corrected chi connectivity index (χ3v) is 3.26. The number of esters is 1. The molecule has 2 aromatic rings. The number of carboxylic acids is 1. The summed E-state index contributed by atoms with van der Waals surface area (Å²) in [4.78, 5) is 34.4. The van der Waals surface area contributed by atoms with Crippen LogP contribution in [0.1, 0.15) is 22.8 Å². The van der Waals surface area contributed by atoms with E-state index in [-0.39, 0.29) is 6.42 Å². The van der Waals surface area contributed by atoms with Crippen LogP contribution in [0.4, 0.5) is 0 Å². The number of nitrogens with one attached hydrogen (secondary N) is 1. The number of hydrogen-bond acceptors (Lipinski definition) is 4. The number of benzene rings is 2. The Morgan fingerprint density at radius 2 is 1.67 bits per heavy atom. The predicted molar refractivity (Wildman–Crippen MR) is 86.8 cm³/mol. The lowest BCUT2D eigenvalue weighted by molar-refractivity contribution is -0.139. The van der Waals surface area contributed by atoms with Crippen molar-refractivity contribution in [2.45, 2.75) is 19.4 Å². The lowest BCUT2D eigenvalue weighted by Gasteiger charge is -2.15. The fraction of sp³-hybridized carbons (Fsp3) is 0.167. The van der Waals surface area contributed by atoms with Gasteiger partial charge in [0.15, 0.2) is 0 Å². The Morgan fingerprint density at radius 3 is 2.21 bits per heavy atom. The van der Waals surface area contributed by atoms with Crippen LogP contribution in [0.5, 0.6) is 5.75 Å². The highest BCUT2D eigenvalue weighted by Gasteiger charge is 2.21. The van der Waals surface area contributed by atoms with Gasteiger partial charge in [0.1, 0.15) is 11.8 Å². The maximum Gasteiger partial charge on any atom is 0.326 e. The average Bonchev–Trinajstić information content (AvgIpc) is 2.56. The van der Waals surface area contributed by atoms with Crippen molar-refractivity contribution in [2.75, 3.05) is 0 Å². The van der Waals surface area contributed by atoms with Gasteiger partial charge in [-0.3, -0.25) is 9.59 Å². The van der Waals surface area contributed by atoms with Gasteiger partial charge >= 0.3 is 11.9 Å². The number of amides is 1. The summed E-state index contributed by atoms with van der Waals surface area (Å²) < 4.78 is 4.92. The molecule has 1 atom stereocenters. The summed E-state index contributed by atoms with van der Waals surface area (Å²) in [5.74, 6) is -1.62. The van der Waals surface area contributed by atoms with Crippen LogP contribution in [0.15, 0.2) is 54.6 Å². The molecule has 0 aliphatic rings. The molecule has 0 spiro atoms. The highest BCUT2D eigenvalue weighted by atomic mass is 16.5. The smallest absolute Gasteiger partial charge is 0.326 e. The molecule has 24 heavy (non-hydrogen) atoms. The fourth-order valence-electron chi connectivity index (χ4n) is 2.13. The zero-order valence-corrected chi connectivity index (χ0v) is 13.1. The predicted octanol–water partition coefficient (Wildman–Crippen LogP) is 2.04. The van der Waals surface area contributed by atoms with E-state index in [1.165, 1.54) is 6.92 Å². The Bertz CT molecular complexity index is 725. The van der Waals surface area contributed by atoms with E-state index in [2.05, 4.69) is 5.32 Å². The van der Waals surface area contributed by atoms with Crippen molar-refractivity contribution in [3.8, 4) is 5.75 Å². The third-order valence-electron chi connectivity index (χ3n) is 3.26. The van der Waals surface area contributed by atoms with E-state index in [1.54, 1.807) is 54.6 Å². The zero-order valence-electron chi connectivity index (χ0n) is 13.1. The Labute approximate surface area is 139 Å². The average molecular weight is 327 g/mol. The van der Waals surface area contributed by atoms with Gasteiger partial charge in [0, 0.05) is 18.9 Å². The first-order chi connectivity index (χ1) is 11.5. The number of ether oxygens (including phenoxy) is 1. The Morgan fingerprint density at radius 1 is 1.04 bits per heavy atom. The number of hydrogen-bond donors (Lipinski definition) is 2. The first-order valence-corrected chi connectivity index (χ1v) is 7.32. The van der Waals surface area contributed by atoms with E-state index in [4.69, 9.17) is 4.74 Å². The van der Waals surface area contributed by atoms with Gasteiger partial charge in [0.2, 0.25) is 0 Å². The standard InChI is InChI=1S/C18H17NO5/c1-12(20)24-15-9-7-13(8-10-15)11-16(18(22)23)19-17(21)14-5-3-2-4-6-14/h2-10,16H,11H2,1H3,(H,19,21)(H,22,23)/t16-/m0/s1. The van der Waals surface area contributed by atoms with Gasteiger partial charge in [-0.25, -0.2) is 4.79 Å². The van der Waals surface area contributed by atoms with E-state index in [0.717, 1.165) is 0 Å². The van der Waals surface area contributed by atoms with Crippen molar-refractivity contribution in [2.24, 2.45) is 0 Å². The van der Waals surface area contributed by atoms with E-state index >= 15 is 0 Å². The summed E-state index contributed by atoms with van der Waals surface area (Å²) >= 11 is 0. The first-order valence-electron chi connectivity index (χ1n) is 7.32. The van der Waals surface area contributed by atoms with Gasteiger partial charge in [0.25, 0.3) is 5.91 Å². The molecule has 1 amide bonds. The van der Waals surface area contributed by atoms with E-state index in [1.807, 2.05) is 0 Å². The minimum Gasteiger partial charge on any atom is -0.480 e. The molecule has 2 rings (SSSR count). The second-order valence-corrected chi connectivity index (χ2v) is 5.17. The maximum atomic E-state index is 12.1. The van der Waals surface area contributed by atoms with Crippen LogP contribution in [0, 0.1) is 0 Å². The number of rotatable bonds is 6. The van der Waals surface area contributed by atoms with Crippen LogP contribution in [0.25, 0.3) is 0 Å². The maximum absolute atomic E-state index is 12.1. The molecule has 6 heteroatoms. The van der Waals surface area contributed by atoms with Gasteiger partial charge in [-0.2, -0.15) is 0 Å². The van der Waals surface area contributed by atoms with Gasteiger partial charge in [-0.15, -0.1) is 0 Å². The summed E-state index contributed by atoms with van der Waals surface area (Å²) in [6, 6.07) is 13.8. The van der Waals surface area contributed by atoms with Crippen molar-refractivity contribution < 1.29 is 24.2 Å². The SMILES string of the molecule is CC(=O)Oc1ccc(C[C@H](NC(=O)c2ccccc2)C(=O)O)cc1. The van der Waals surface area contributed by atoms with E-state index in [0.29, 0.717) is 16.9 Å². The van der Waals surface area contributed by atoms with Crippen LogP contribution in [0.2, 0.25) is 0 Å². The highest BCUT2D eigenvalue weighted by molar-refractivity contribution is 5.96. The summed E-state index contributed by atoms with van der Waals surface area (Å²) in [7, 11) is 0. The van der Waals surface area contributed by atoms with Crippen LogP contribution in [-0.2, 0) is 16.0 Å². The lowest BCUT2D eigenvalue weighted by Crippen LogP contribution is -2.42. The normalized spacial score (nSPS) is 11.4. The van der Waals surface area contributed by atoms with Crippen LogP contribution >= 0.6 is 0 Å². The molecular weight excluding hydrogens is 310 g/mol. The monoisotopic (exact) mass is 327 g/mol. The second kappa shape index (κ2) is 7.92. The summed E-state index contributed by atoms with van der Waals surface area (Å²) in [6.07, 6.45) is 0.119. The quantitative estimate of drug-likeness (QED) is 0.625. The molecule has 0 radical (unpaired) electrons. The molecule has 124 valence electrons. The van der Waals surface area contributed by atoms with Crippen molar-refractivity contribution in [3.05, 3.63) is 65.7 Å². The Kier molecular flexibility index (Phi) is 5.68. The summed E-state index contributed by atoms with van der Waals surface area (Å²) in [6.45, 7) is 1.30. The first kappa shape index (κ1) is 17.2. The van der Waals surface area contributed by atoms with Crippen molar-refractivity contribution >= 4 is 17.8 Å². The summed E-state index contributed by atoms with van der Waals surface area (Å²) in [5, 5.41) is 11.8. The van der Waals surface area contributed by atoms with Crippen molar-refractivity contribution in [1.82, 2.24) is 5.32 Å². The van der Waals surface area contributed by atoms with Crippen molar-refractivity contribution in [3.63, 3.8) is 0 Å². The molecular formula is C18H17NO5. The van der Waals surface area contributed by atoms with E-state index < -0.39 is 23.9 Å². The van der Waals surface area contributed by atoms with Gasteiger partial charge in [-0.05, 0) is 29.8 Å². The second-order valence-electron chi connectivity index (χ2n) is 5.17. The fourth-order valence-corrected chi connectivity index (χ4v) is 2.13. The van der Waals surface area contributed by atoms with Crippen LogP contribution in [-0.4, -0.2) is 29.0 Å². The molecule has 0 unspecified atom stereocenters.